The van der Waals surface area contributed by atoms with E-state index in [1.807, 2.05) is 66.1 Å². The van der Waals surface area contributed by atoms with Crippen LogP contribution in [0.3, 0.4) is 0 Å². The first-order chi connectivity index (χ1) is 16.5. The fourth-order valence-corrected chi connectivity index (χ4v) is 4.56. The second-order valence-electron chi connectivity index (χ2n) is 9.07. The number of hydrogen-bond acceptors (Lipinski definition) is 4. The van der Waals surface area contributed by atoms with Gasteiger partial charge in [-0.25, -0.2) is 4.79 Å². The lowest BCUT2D eigenvalue weighted by atomic mass is 9.96. The van der Waals surface area contributed by atoms with Gasteiger partial charge in [-0.15, -0.1) is 0 Å². The van der Waals surface area contributed by atoms with Crippen LogP contribution in [0.25, 0.3) is 0 Å². The predicted molar refractivity (Wildman–Crippen MR) is 132 cm³/mol. The largest absolute Gasteiger partial charge is 0.494 e. The summed E-state index contributed by atoms with van der Waals surface area (Å²) in [6, 6.07) is 13.8. The second-order valence-corrected chi connectivity index (χ2v) is 9.07. The molecule has 2 aromatic rings. The van der Waals surface area contributed by atoms with E-state index < -0.39 is 0 Å². The van der Waals surface area contributed by atoms with Gasteiger partial charge >= 0.3 is 6.03 Å². The molecule has 4 rings (SSSR count). The molecule has 0 radical (unpaired) electrons. The Hall–Kier alpha value is -3.22. The molecule has 7 heteroatoms. The summed E-state index contributed by atoms with van der Waals surface area (Å²) in [5, 5.41) is 3.05. The summed E-state index contributed by atoms with van der Waals surface area (Å²) >= 11 is 0. The number of carbonyl (C=O) groups is 2. The van der Waals surface area contributed by atoms with Crippen molar-refractivity contribution >= 4 is 17.6 Å². The van der Waals surface area contributed by atoms with E-state index in [9.17, 15) is 9.59 Å². The van der Waals surface area contributed by atoms with Crippen LogP contribution in [0.4, 0.5) is 10.5 Å². The van der Waals surface area contributed by atoms with E-state index in [-0.39, 0.29) is 24.0 Å². The lowest BCUT2D eigenvalue weighted by Crippen LogP contribution is -2.52. The maximum atomic E-state index is 13.4. The molecule has 0 saturated carbocycles. The zero-order chi connectivity index (χ0) is 24.1. The summed E-state index contributed by atoms with van der Waals surface area (Å²) in [4.78, 5) is 29.9. The first kappa shape index (κ1) is 23.9. The summed E-state index contributed by atoms with van der Waals surface area (Å²) in [5.74, 6) is 1.58. The number of rotatable bonds is 6. The van der Waals surface area contributed by atoms with E-state index in [1.54, 1.807) is 0 Å². The number of piperidine rings is 1. The molecule has 0 aromatic heterocycles. The predicted octanol–water partition coefficient (Wildman–Crippen LogP) is 4.52. The topological polar surface area (TPSA) is 71.1 Å². The number of nitrogens with one attached hydrogen (secondary N) is 1. The van der Waals surface area contributed by atoms with Crippen LogP contribution >= 0.6 is 0 Å². The van der Waals surface area contributed by atoms with Crippen LogP contribution in [0.1, 0.15) is 44.2 Å². The fourth-order valence-electron chi connectivity index (χ4n) is 4.56. The van der Waals surface area contributed by atoms with Crippen LogP contribution in [0.15, 0.2) is 42.5 Å². The second kappa shape index (κ2) is 10.8. The monoisotopic (exact) mass is 465 g/mol. The van der Waals surface area contributed by atoms with Gasteiger partial charge < -0.3 is 19.7 Å². The van der Waals surface area contributed by atoms with Crippen LogP contribution in [-0.4, -0.2) is 49.2 Å². The fraction of sp³-hybridized carbons (Fsp3) is 0.481. The highest BCUT2D eigenvalue weighted by Gasteiger charge is 2.34. The maximum Gasteiger partial charge on any atom is 0.324 e. The van der Waals surface area contributed by atoms with Gasteiger partial charge in [-0.1, -0.05) is 25.1 Å². The molecule has 1 N–H and O–H groups in total. The third-order valence-corrected chi connectivity index (χ3v) is 6.61. The zero-order valence-electron chi connectivity index (χ0n) is 20.4. The number of anilines is 1. The average molecular weight is 466 g/mol. The van der Waals surface area contributed by atoms with Crippen LogP contribution < -0.4 is 19.7 Å². The normalized spacial score (nSPS) is 18.1. The number of benzene rings is 2. The van der Waals surface area contributed by atoms with E-state index in [1.165, 1.54) is 0 Å². The highest BCUT2D eigenvalue weighted by molar-refractivity contribution is 5.94. The standard InChI is InChI=1S/C27H35N3O4/c1-4-22-18-30(24-16-19(3)6-11-25(24)34-22)27(32)29-14-12-21(13-15-29)26(31)28-17-20-7-9-23(10-8-20)33-5-2/h6-11,16,21-22H,4-5,12-15,17-18H2,1-3H3,(H,28,31)/t22-/m0/s1. The lowest BCUT2D eigenvalue weighted by molar-refractivity contribution is -0.126. The quantitative estimate of drug-likeness (QED) is 0.681. The van der Waals surface area contributed by atoms with Gasteiger partial charge in [-0.3, -0.25) is 9.69 Å². The number of aryl methyl sites for hydroxylation is 1. The SMILES string of the molecule is CCOc1ccc(CNC(=O)C2CCN(C(=O)N3C[C@H](CC)Oc4ccc(C)cc43)CC2)cc1. The van der Waals surface area contributed by atoms with Gasteiger partial charge in [0.2, 0.25) is 5.91 Å². The van der Waals surface area contributed by atoms with Crippen LogP contribution in [0, 0.1) is 12.8 Å². The van der Waals surface area contributed by atoms with Gasteiger partial charge in [0.05, 0.1) is 18.8 Å². The van der Waals surface area contributed by atoms with Crippen molar-refractivity contribution in [3.05, 3.63) is 53.6 Å². The smallest absolute Gasteiger partial charge is 0.324 e. The third-order valence-electron chi connectivity index (χ3n) is 6.61. The van der Waals surface area contributed by atoms with E-state index >= 15 is 0 Å². The Kier molecular flexibility index (Phi) is 7.60. The summed E-state index contributed by atoms with van der Waals surface area (Å²) in [6.45, 7) is 8.88. The molecule has 0 aliphatic carbocycles. The van der Waals surface area contributed by atoms with Crippen LogP contribution in [0.5, 0.6) is 11.5 Å². The summed E-state index contributed by atoms with van der Waals surface area (Å²) < 4.78 is 11.5. The Morgan fingerprint density at radius 2 is 1.82 bits per heavy atom. The van der Waals surface area contributed by atoms with E-state index in [0.717, 1.165) is 34.7 Å². The van der Waals surface area contributed by atoms with Crippen molar-refractivity contribution in [2.45, 2.75) is 52.7 Å². The molecule has 1 atom stereocenters. The zero-order valence-corrected chi connectivity index (χ0v) is 20.4. The van der Waals surface area contributed by atoms with Crippen molar-refractivity contribution in [1.82, 2.24) is 10.2 Å². The number of amides is 3. The van der Waals surface area contributed by atoms with Gasteiger partial charge in [0.25, 0.3) is 0 Å². The molecular weight excluding hydrogens is 430 g/mol. The minimum absolute atomic E-state index is 0.00171. The minimum atomic E-state index is -0.0747. The molecule has 2 aromatic carbocycles. The number of ether oxygens (including phenoxy) is 2. The van der Waals surface area contributed by atoms with E-state index in [0.29, 0.717) is 45.6 Å². The number of fused-ring (bicyclic) bond motifs is 1. The molecule has 2 aliphatic heterocycles. The van der Waals surface area contributed by atoms with Crippen molar-refractivity contribution in [2.75, 3.05) is 31.1 Å². The highest BCUT2D eigenvalue weighted by Crippen LogP contribution is 2.36. The Balaban J connectivity index is 1.31. The average Bonchev–Trinajstić information content (AvgIpc) is 2.87. The molecule has 34 heavy (non-hydrogen) atoms. The molecule has 182 valence electrons. The lowest BCUT2D eigenvalue weighted by Gasteiger charge is -2.39. The number of likely N-dealkylation sites (tertiary alicyclic amines) is 1. The van der Waals surface area contributed by atoms with Crippen molar-refractivity contribution in [2.24, 2.45) is 5.92 Å². The van der Waals surface area contributed by atoms with Crippen molar-refractivity contribution in [3.8, 4) is 11.5 Å². The molecule has 7 nitrogen and oxygen atoms in total. The van der Waals surface area contributed by atoms with Crippen LogP contribution in [-0.2, 0) is 11.3 Å². The molecular formula is C27H35N3O4. The van der Waals surface area contributed by atoms with Gasteiger partial charge in [-0.05, 0) is 68.5 Å². The minimum Gasteiger partial charge on any atom is -0.494 e. The molecule has 0 unspecified atom stereocenters. The van der Waals surface area contributed by atoms with Crippen molar-refractivity contribution < 1.29 is 19.1 Å². The molecule has 3 amide bonds. The number of hydrogen-bond donors (Lipinski definition) is 1. The Morgan fingerprint density at radius 1 is 1.09 bits per heavy atom. The number of nitrogens with zero attached hydrogens (tertiary/aromatic N) is 2. The van der Waals surface area contributed by atoms with E-state index in [2.05, 4.69) is 12.2 Å². The molecule has 2 heterocycles. The summed E-state index contributed by atoms with van der Waals surface area (Å²) in [6.07, 6.45) is 2.17. The third kappa shape index (κ3) is 5.46. The highest BCUT2D eigenvalue weighted by atomic mass is 16.5. The number of carbonyl (C=O) groups excluding carboxylic acids is 2. The van der Waals surface area contributed by atoms with Crippen molar-refractivity contribution in [3.63, 3.8) is 0 Å². The summed E-state index contributed by atoms with van der Waals surface area (Å²) in [5.41, 5.74) is 2.97. The molecule has 0 bridgehead atoms. The maximum absolute atomic E-state index is 13.4. The molecule has 1 saturated heterocycles. The first-order valence-electron chi connectivity index (χ1n) is 12.3. The molecule has 0 spiro atoms. The Labute approximate surface area is 202 Å². The first-order valence-corrected chi connectivity index (χ1v) is 12.3. The van der Waals surface area contributed by atoms with Gasteiger partial charge in [-0.2, -0.15) is 0 Å². The van der Waals surface area contributed by atoms with E-state index in [4.69, 9.17) is 9.47 Å². The van der Waals surface area contributed by atoms with Gasteiger partial charge in [0.1, 0.15) is 17.6 Å². The molecule has 1 fully saturated rings. The Morgan fingerprint density at radius 3 is 2.50 bits per heavy atom. The number of urea groups is 1. The Bertz CT molecular complexity index is 999. The molecule has 2 aliphatic rings. The van der Waals surface area contributed by atoms with Gasteiger partial charge in [0.15, 0.2) is 0 Å². The summed E-state index contributed by atoms with van der Waals surface area (Å²) in [7, 11) is 0. The van der Waals surface area contributed by atoms with Gasteiger partial charge in [0, 0.05) is 25.6 Å². The van der Waals surface area contributed by atoms with Crippen molar-refractivity contribution in [1.29, 1.82) is 0 Å². The van der Waals surface area contributed by atoms with Crippen LogP contribution in [0.2, 0.25) is 0 Å².